The van der Waals surface area contributed by atoms with E-state index in [0.717, 1.165) is 5.56 Å². The Balaban J connectivity index is 1.82. The lowest BCUT2D eigenvalue weighted by atomic mass is 10.0. The van der Waals surface area contributed by atoms with E-state index in [2.05, 4.69) is 15.3 Å². The quantitative estimate of drug-likeness (QED) is 0.801. The first-order valence-electron chi connectivity index (χ1n) is 7.13. The Labute approximate surface area is 129 Å². The molecule has 2 N–H and O–H groups in total. The number of hydrogen-bond acceptors (Lipinski definition) is 4. The normalized spacial score (nSPS) is 13.7. The lowest BCUT2D eigenvalue weighted by Crippen LogP contribution is -2.32. The van der Waals surface area contributed by atoms with Crippen molar-refractivity contribution < 1.29 is 9.90 Å². The smallest absolute Gasteiger partial charge is 0.244 e. The van der Waals surface area contributed by atoms with Crippen LogP contribution in [0.3, 0.4) is 0 Å². The Hall–Kier alpha value is -2.53. The number of hydrogen-bond donors (Lipinski definition) is 2. The van der Waals surface area contributed by atoms with E-state index in [4.69, 9.17) is 0 Å². The molecular formula is C17H19N3O2. The molecule has 22 heavy (non-hydrogen) atoms. The highest BCUT2D eigenvalue weighted by molar-refractivity contribution is 5.91. The van der Waals surface area contributed by atoms with Crippen LogP contribution in [0.25, 0.3) is 6.08 Å². The summed E-state index contributed by atoms with van der Waals surface area (Å²) >= 11 is 0. The van der Waals surface area contributed by atoms with Crippen LogP contribution < -0.4 is 5.32 Å². The molecule has 5 nitrogen and oxygen atoms in total. The van der Waals surface area contributed by atoms with Crippen molar-refractivity contribution in [1.29, 1.82) is 0 Å². The lowest BCUT2D eigenvalue weighted by Gasteiger charge is -2.17. The van der Waals surface area contributed by atoms with E-state index in [1.807, 2.05) is 37.3 Å². The number of benzene rings is 1. The monoisotopic (exact) mass is 297 g/mol. The molecule has 0 aliphatic heterocycles. The topological polar surface area (TPSA) is 75.1 Å². The van der Waals surface area contributed by atoms with Gasteiger partial charge in [0.25, 0.3) is 0 Å². The van der Waals surface area contributed by atoms with Crippen molar-refractivity contribution in [3.63, 3.8) is 0 Å². The molecule has 114 valence electrons. The third-order valence-electron chi connectivity index (χ3n) is 3.16. The van der Waals surface area contributed by atoms with E-state index >= 15 is 0 Å². The van der Waals surface area contributed by atoms with Crippen LogP contribution in [0.2, 0.25) is 0 Å². The first kappa shape index (κ1) is 15.9. The Bertz CT molecular complexity index is 614. The molecule has 0 bridgehead atoms. The van der Waals surface area contributed by atoms with E-state index in [1.165, 1.54) is 12.4 Å². The highest BCUT2D eigenvalue weighted by atomic mass is 16.3. The van der Waals surface area contributed by atoms with E-state index in [9.17, 15) is 9.90 Å². The second-order valence-electron chi connectivity index (χ2n) is 5.04. The van der Waals surface area contributed by atoms with Gasteiger partial charge in [0.2, 0.25) is 5.91 Å². The van der Waals surface area contributed by atoms with Gasteiger partial charge in [0.15, 0.2) is 0 Å². The van der Waals surface area contributed by atoms with E-state index < -0.39 is 6.10 Å². The van der Waals surface area contributed by atoms with Gasteiger partial charge in [0, 0.05) is 18.3 Å². The van der Waals surface area contributed by atoms with Gasteiger partial charge in [-0.1, -0.05) is 30.3 Å². The summed E-state index contributed by atoms with van der Waals surface area (Å²) in [6.45, 7) is 1.86. The predicted octanol–water partition coefficient (Wildman–Crippen LogP) is 2.12. The van der Waals surface area contributed by atoms with E-state index in [1.54, 1.807) is 18.3 Å². The van der Waals surface area contributed by atoms with Crippen LogP contribution in [0.1, 0.15) is 30.7 Å². The summed E-state index contributed by atoms with van der Waals surface area (Å²) in [7, 11) is 0. The Morgan fingerprint density at radius 2 is 2.09 bits per heavy atom. The number of nitrogens with one attached hydrogen (secondary N) is 1. The molecule has 1 heterocycles. The number of rotatable bonds is 6. The van der Waals surface area contributed by atoms with Crippen molar-refractivity contribution in [2.75, 3.05) is 0 Å². The van der Waals surface area contributed by atoms with Gasteiger partial charge in [0.1, 0.15) is 6.33 Å². The summed E-state index contributed by atoms with van der Waals surface area (Å²) in [5.41, 5.74) is 1.52. The fraction of sp³-hybridized carbons (Fsp3) is 0.235. The number of amides is 1. The molecule has 0 fully saturated rings. The second-order valence-corrected chi connectivity index (χ2v) is 5.04. The van der Waals surface area contributed by atoms with Gasteiger partial charge in [-0.05, 0) is 31.1 Å². The minimum absolute atomic E-state index is 0.141. The predicted molar refractivity (Wildman–Crippen MR) is 84.7 cm³/mol. The Morgan fingerprint density at radius 1 is 1.32 bits per heavy atom. The van der Waals surface area contributed by atoms with Crippen molar-refractivity contribution in [2.45, 2.75) is 25.5 Å². The fourth-order valence-electron chi connectivity index (χ4n) is 2.06. The minimum atomic E-state index is -0.595. The molecule has 1 aromatic carbocycles. The van der Waals surface area contributed by atoms with E-state index in [-0.39, 0.29) is 11.9 Å². The standard InChI is InChI=1S/C17H19N3O2/c1-13(11-16(21)14-5-3-2-4-6-14)20-17(22)8-7-15-9-10-18-12-19-15/h2-10,12-13,16,21H,11H2,1H3,(H,20,22)/b8-7+. The summed E-state index contributed by atoms with van der Waals surface area (Å²) in [5, 5.41) is 12.9. The maximum absolute atomic E-state index is 11.8. The molecule has 2 unspecified atom stereocenters. The van der Waals surface area contributed by atoms with Gasteiger partial charge in [-0.3, -0.25) is 4.79 Å². The van der Waals surface area contributed by atoms with Crippen LogP contribution in [0, 0.1) is 0 Å². The zero-order valence-electron chi connectivity index (χ0n) is 12.4. The summed E-state index contributed by atoms with van der Waals surface area (Å²) in [5.74, 6) is -0.216. The first-order valence-corrected chi connectivity index (χ1v) is 7.13. The summed E-state index contributed by atoms with van der Waals surface area (Å²) in [6, 6.07) is 11.0. The van der Waals surface area contributed by atoms with Gasteiger partial charge in [-0.25, -0.2) is 9.97 Å². The lowest BCUT2D eigenvalue weighted by molar-refractivity contribution is -0.117. The van der Waals surface area contributed by atoms with Gasteiger partial charge in [-0.2, -0.15) is 0 Å². The third-order valence-corrected chi connectivity index (χ3v) is 3.16. The van der Waals surface area contributed by atoms with Crippen molar-refractivity contribution in [3.8, 4) is 0 Å². The van der Waals surface area contributed by atoms with E-state index in [0.29, 0.717) is 12.1 Å². The molecule has 1 aromatic heterocycles. The summed E-state index contributed by atoms with van der Waals surface area (Å²) < 4.78 is 0. The molecule has 0 saturated heterocycles. The van der Waals surface area contributed by atoms with Crippen LogP contribution in [0.5, 0.6) is 0 Å². The Morgan fingerprint density at radius 3 is 2.77 bits per heavy atom. The van der Waals surface area contributed by atoms with Gasteiger partial charge in [0.05, 0.1) is 11.8 Å². The van der Waals surface area contributed by atoms with Crippen molar-refractivity contribution in [1.82, 2.24) is 15.3 Å². The molecule has 5 heteroatoms. The maximum atomic E-state index is 11.8. The molecule has 0 spiro atoms. The van der Waals surface area contributed by atoms with Crippen LogP contribution >= 0.6 is 0 Å². The number of aliphatic hydroxyl groups excluding tert-OH is 1. The fourth-order valence-corrected chi connectivity index (χ4v) is 2.06. The van der Waals surface area contributed by atoms with Crippen LogP contribution in [0.15, 0.2) is 55.0 Å². The molecule has 0 saturated carbocycles. The van der Waals surface area contributed by atoms with Crippen LogP contribution in [-0.2, 0) is 4.79 Å². The number of carbonyl (C=O) groups is 1. The molecule has 1 amide bonds. The van der Waals surface area contributed by atoms with Crippen LogP contribution in [0.4, 0.5) is 0 Å². The molecule has 2 atom stereocenters. The van der Waals surface area contributed by atoms with Crippen molar-refractivity contribution in [3.05, 3.63) is 66.3 Å². The molecular weight excluding hydrogens is 278 g/mol. The molecule has 2 rings (SSSR count). The zero-order chi connectivity index (χ0) is 15.8. The van der Waals surface area contributed by atoms with Crippen molar-refractivity contribution in [2.24, 2.45) is 0 Å². The van der Waals surface area contributed by atoms with Crippen molar-refractivity contribution >= 4 is 12.0 Å². The Kier molecular flexibility index (Phi) is 5.80. The molecule has 2 aromatic rings. The molecule has 0 aliphatic carbocycles. The highest BCUT2D eigenvalue weighted by Crippen LogP contribution is 2.17. The molecule has 0 radical (unpaired) electrons. The average molecular weight is 297 g/mol. The first-order chi connectivity index (χ1) is 10.6. The highest BCUT2D eigenvalue weighted by Gasteiger charge is 2.13. The number of aromatic nitrogens is 2. The third kappa shape index (κ3) is 5.10. The number of carbonyl (C=O) groups excluding carboxylic acids is 1. The van der Waals surface area contributed by atoms with Gasteiger partial charge < -0.3 is 10.4 Å². The van der Waals surface area contributed by atoms with Gasteiger partial charge in [-0.15, -0.1) is 0 Å². The maximum Gasteiger partial charge on any atom is 0.244 e. The largest absolute Gasteiger partial charge is 0.388 e. The minimum Gasteiger partial charge on any atom is -0.388 e. The second kappa shape index (κ2) is 8.05. The number of aliphatic hydroxyl groups is 1. The summed E-state index contributed by atoms with van der Waals surface area (Å²) in [6.07, 6.45) is 5.95. The average Bonchev–Trinajstić information content (AvgIpc) is 2.54. The zero-order valence-corrected chi connectivity index (χ0v) is 12.4. The van der Waals surface area contributed by atoms with Crippen LogP contribution in [-0.4, -0.2) is 27.0 Å². The number of nitrogens with zero attached hydrogens (tertiary/aromatic N) is 2. The summed E-state index contributed by atoms with van der Waals surface area (Å²) in [4.78, 5) is 19.6. The molecule has 0 aliphatic rings. The SMILES string of the molecule is CC(CC(O)c1ccccc1)NC(=O)/C=C/c1ccncn1. The van der Waals surface area contributed by atoms with Gasteiger partial charge >= 0.3 is 0 Å².